The number of amides is 1. The summed E-state index contributed by atoms with van der Waals surface area (Å²) in [5, 5.41) is 0. The van der Waals surface area contributed by atoms with E-state index >= 15 is 0 Å². The van der Waals surface area contributed by atoms with E-state index in [2.05, 4.69) is 0 Å². The van der Waals surface area contributed by atoms with Crippen LogP contribution in [0.25, 0.3) is 0 Å². The summed E-state index contributed by atoms with van der Waals surface area (Å²) in [7, 11) is -2.33. The molecule has 6 nitrogen and oxygen atoms in total. The number of carbonyl (C=O) groups excluding carboxylic acids is 1. The number of rotatable bonds is 7. The van der Waals surface area contributed by atoms with Gasteiger partial charge in [0.2, 0.25) is 15.9 Å². The van der Waals surface area contributed by atoms with E-state index in [9.17, 15) is 22.0 Å². The van der Waals surface area contributed by atoms with Gasteiger partial charge in [-0.05, 0) is 61.6 Å². The van der Waals surface area contributed by atoms with Crippen molar-refractivity contribution in [1.82, 2.24) is 9.21 Å². The molecule has 0 spiro atoms. The Balaban J connectivity index is 1.40. The van der Waals surface area contributed by atoms with Crippen LogP contribution in [0.4, 0.5) is 8.78 Å². The summed E-state index contributed by atoms with van der Waals surface area (Å²) in [6, 6.07) is 10.4. The maximum Gasteiger partial charge on any atom is 0.243 e. The Morgan fingerprint density at radius 2 is 1.69 bits per heavy atom. The van der Waals surface area contributed by atoms with Crippen molar-refractivity contribution in [3.05, 3.63) is 59.7 Å². The second kappa shape index (κ2) is 9.15. The molecule has 1 heterocycles. The Labute approximate surface area is 186 Å². The van der Waals surface area contributed by atoms with E-state index in [1.807, 2.05) is 29.2 Å². The summed E-state index contributed by atoms with van der Waals surface area (Å²) in [5.74, 6) is -1.74. The summed E-state index contributed by atoms with van der Waals surface area (Å²) in [5.41, 5.74) is 1.02. The molecule has 1 aliphatic carbocycles. The molecule has 32 heavy (non-hydrogen) atoms. The van der Waals surface area contributed by atoms with Crippen molar-refractivity contribution >= 4 is 15.9 Å². The van der Waals surface area contributed by atoms with E-state index in [1.54, 1.807) is 7.11 Å². The van der Waals surface area contributed by atoms with Gasteiger partial charge < -0.3 is 9.64 Å². The zero-order chi connectivity index (χ0) is 22.9. The molecular weight excluding hydrogens is 438 g/mol. The van der Waals surface area contributed by atoms with Crippen LogP contribution in [0.15, 0.2) is 47.4 Å². The minimum Gasteiger partial charge on any atom is -0.497 e. The highest BCUT2D eigenvalue weighted by molar-refractivity contribution is 7.89. The van der Waals surface area contributed by atoms with Crippen LogP contribution in [0.3, 0.4) is 0 Å². The van der Waals surface area contributed by atoms with Crippen LogP contribution in [-0.4, -0.2) is 49.8 Å². The Morgan fingerprint density at radius 3 is 2.25 bits per heavy atom. The first kappa shape index (κ1) is 22.7. The number of piperidine rings is 1. The average Bonchev–Trinajstić information content (AvgIpc) is 3.64. The molecule has 0 radical (unpaired) electrons. The number of hydrogen-bond acceptors (Lipinski definition) is 4. The number of carbonyl (C=O) groups is 1. The normalized spacial score (nSPS) is 17.8. The zero-order valence-electron chi connectivity index (χ0n) is 17.8. The molecule has 1 aliphatic heterocycles. The van der Waals surface area contributed by atoms with Gasteiger partial charge in [-0.25, -0.2) is 17.2 Å². The van der Waals surface area contributed by atoms with E-state index in [0.29, 0.717) is 25.5 Å². The fourth-order valence-corrected chi connectivity index (χ4v) is 5.55. The van der Waals surface area contributed by atoms with Crippen LogP contribution in [0, 0.1) is 17.6 Å². The first-order valence-electron chi connectivity index (χ1n) is 10.7. The number of hydrogen-bond donors (Lipinski definition) is 0. The van der Waals surface area contributed by atoms with Crippen molar-refractivity contribution in [1.29, 1.82) is 0 Å². The molecule has 2 aliphatic rings. The predicted octanol–water partition coefficient (Wildman–Crippen LogP) is 3.57. The Morgan fingerprint density at radius 1 is 1.03 bits per heavy atom. The van der Waals surface area contributed by atoms with Crippen LogP contribution in [0.5, 0.6) is 5.75 Å². The highest BCUT2D eigenvalue weighted by Crippen LogP contribution is 2.33. The topological polar surface area (TPSA) is 66.9 Å². The van der Waals surface area contributed by atoms with Crippen molar-refractivity contribution in [2.24, 2.45) is 5.92 Å². The first-order chi connectivity index (χ1) is 15.3. The monoisotopic (exact) mass is 464 g/mol. The minimum atomic E-state index is -3.94. The summed E-state index contributed by atoms with van der Waals surface area (Å²) < 4.78 is 58.7. The van der Waals surface area contributed by atoms with Crippen LogP contribution < -0.4 is 4.74 Å². The molecule has 4 rings (SSSR count). The van der Waals surface area contributed by atoms with Crippen LogP contribution >= 0.6 is 0 Å². The summed E-state index contributed by atoms with van der Waals surface area (Å²) >= 11 is 0. The lowest BCUT2D eigenvalue weighted by Gasteiger charge is -2.34. The molecule has 0 unspecified atom stereocenters. The predicted molar refractivity (Wildman–Crippen MR) is 114 cm³/mol. The molecule has 9 heteroatoms. The van der Waals surface area contributed by atoms with Gasteiger partial charge in [0.25, 0.3) is 0 Å². The van der Waals surface area contributed by atoms with Gasteiger partial charge in [0.15, 0.2) is 11.6 Å². The van der Waals surface area contributed by atoms with Gasteiger partial charge in [-0.15, -0.1) is 0 Å². The lowest BCUT2D eigenvalue weighted by molar-refractivity contribution is -0.138. The van der Waals surface area contributed by atoms with Crippen LogP contribution in [0.2, 0.25) is 0 Å². The molecule has 0 atom stereocenters. The molecular formula is C23H26F2N2O4S. The molecule has 0 aromatic heterocycles. The highest BCUT2D eigenvalue weighted by atomic mass is 32.2. The molecule has 0 N–H and O–H groups in total. The maximum absolute atomic E-state index is 13.5. The van der Waals surface area contributed by atoms with Gasteiger partial charge in [0.05, 0.1) is 12.0 Å². The van der Waals surface area contributed by atoms with Crippen LogP contribution in [0.1, 0.15) is 31.2 Å². The van der Waals surface area contributed by atoms with Crippen molar-refractivity contribution in [3.63, 3.8) is 0 Å². The third kappa shape index (κ3) is 4.78. The van der Waals surface area contributed by atoms with Gasteiger partial charge in [0, 0.05) is 31.6 Å². The van der Waals surface area contributed by atoms with Gasteiger partial charge in [-0.1, -0.05) is 12.1 Å². The average molecular weight is 465 g/mol. The quantitative estimate of drug-likeness (QED) is 0.629. The largest absolute Gasteiger partial charge is 0.497 e. The van der Waals surface area contributed by atoms with Crippen molar-refractivity contribution in [2.45, 2.75) is 43.2 Å². The molecule has 2 aromatic rings. The lowest BCUT2D eigenvalue weighted by Crippen LogP contribution is -2.44. The van der Waals surface area contributed by atoms with Crippen molar-refractivity contribution in [2.75, 3.05) is 20.2 Å². The second-order valence-corrected chi connectivity index (χ2v) is 10.2. The second-order valence-electron chi connectivity index (χ2n) is 8.30. The maximum atomic E-state index is 13.5. The molecule has 1 saturated carbocycles. The molecule has 1 amide bonds. The molecule has 0 bridgehead atoms. The van der Waals surface area contributed by atoms with Gasteiger partial charge in [-0.3, -0.25) is 4.79 Å². The number of sulfonamides is 1. The van der Waals surface area contributed by atoms with E-state index in [-0.39, 0.29) is 35.9 Å². The first-order valence-corrected chi connectivity index (χ1v) is 12.1. The summed E-state index contributed by atoms with van der Waals surface area (Å²) in [4.78, 5) is 14.9. The number of benzene rings is 2. The van der Waals surface area contributed by atoms with Gasteiger partial charge in [-0.2, -0.15) is 4.31 Å². The van der Waals surface area contributed by atoms with E-state index in [0.717, 1.165) is 36.3 Å². The van der Waals surface area contributed by atoms with Gasteiger partial charge in [0.1, 0.15) is 5.75 Å². The van der Waals surface area contributed by atoms with E-state index < -0.39 is 21.7 Å². The highest BCUT2D eigenvalue weighted by Gasteiger charge is 2.38. The van der Waals surface area contributed by atoms with Gasteiger partial charge >= 0.3 is 0 Å². The molecule has 2 fully saturated rings. The Kier molecular flexibility index (Phi) is 6.48. The number of ether oxygens (including phenoxy) is 1. The van der Waals surface area contributed by atoms with Crippen molar-refractivity contribution in [3.8, 4) is 5.75 Å². The summed E-state index contributed by atoms with van der Waals surface area (Å²) in [6.07, 6.45) is 2.75. The third-order valence-electron chi connectivity index (χ3n) is 6.11. The van der Waals surface area contributed by atoms with Crippen LogP contribution in [-0.2, 0) is 21.4 Å². The number of methoxy groups -OCH3 is 1. The molecule has 172 valence electrons. The smallest absolute Gasteiger partial charge is 0.243 e. The fourth-order valence-electron chi connectivity index (χ4n) is 4.06. The standard InChI is InChI=1S/C23H26F2N2O4S/c1-31-19-6-2-16(3-7-19)15-27(18-4-5-18)23(28)17-10-12-26(13-11-17)32(29,30)20-8-9-21(24)22(25)14-20/h2-3,6-9,14,17-18H,4-5,10-13,15H2,1H3. The van der Waals surface area contributed by atoms with E-state index in [1.165, 1.54) is 4.31 Å². The Bertz CT molecular complexity index is 1080. The van der Waals surface area contributed by atoms with E-state index in [4.69, 9.17) is 4.74 Å². The lowest BCUT2D eigenvalue weighted by atomic mass is 9.96. The fraction of sp³-hybridized carbons (Fsp3) is 0.435. The summed E-state index contributed by atoms with van der Waals surface area (Å²) in [6.45, 7) is 0.846. The zero-order valence-corrected chi connectivity index (χ0v) is 18.7. The third-order valence-corrected chi connectivity index (χ3v) is 8.01. The number of halogens is 2. The minimum absolute atomic E-state index is 0.0493. The molecule has 2 aromatic carbocycles. The Hall–Kier alpha value is -2.52. The SMILES string of the molecule is COc1ccc(CN(C(=O)C2CCN(S(=O)(=O)c3ccc(F)c(F)c3)CC2)C2CC2)cc1. The molecule has 1 saturated heterocycles. The van der Waals surface area contributed by atoms with Crippen molar-refractivity contribution < 1.29 is 26.7 Å². The number of nitrogens with zero attached hydrogens (tertiary/aromatic N) is 2.